The van der Waals surface area contributed by atoms with Gasteiger partial charge in [-0.1, -0.05) is 29.3 Å². The van der Waals surface area contributed by atoms with Gasteiger partial charge in [-0.2, -0.15) is 5.10 Å². The molecule has 6 heteroatoms. The zero-order chi connectivity index (χ0) is 14.0. The number of carbonyl (C=O) groups excluding carboxylic acids is 1. The summed E-state index contributed by atoms with van der Waals surface area (Å²) in [6.07, 6.45) is 0. The van der Waals surface area contributed by atoms with Crippen LogP contribution in [0.2, 0.25) is 10.0 Å². The van der Waals surface area contributed by atoms with Crippen molar-refractivity contribution in [3.05, 3.63) is 39.6 Å². The van der Waals surface area contributed by atoms with Crippen LogP contribution >= 0.6 is 23.2 Å². The first-order valence-electron chi connectivity index (χ1n) is 5.72. The van der Waals surface area contributed by atoms with Crippen molar-refractivity contribution in [2.75, 3.05) is 6.61 Å². The maximum atomic E-state index is 11.9. The number of halogens is 2. The van der Waals surface area contributed by atoms with Gasteiger partial charge in [0.05, 0.1) is 11.6 Å². The first kappa shape index (κ1) is 13.9. The molecule has 0 spiro atoms. The molecule has 1 N–H and O–H groups in total. The standard InChI is InChI=1S/C13H12Cl2N2O2/c1-3-19-13(18)12-11(7(2)16-17-12)9-5-4-8(14)6-10(9)15/h4-6H,3H2,1-2H3,(H,16,17). The number of aromatic amines is 1. The number of ether oxygens (including phenoxy) is 1. The Labute approximate surface area is 120 Å². The number of H-pyrrole nitrogens is 1. The van der Waals surface area contributed by atoms with Crippen molar-refractivity contribution in [2.45, 2.75) is 13.8 Å². The summed E-state index contributed by atoms with van der Waals surface area (Å²) in [5, 5.41) is 7.75. The van der Waals surface area contributed by atoms with Crippen molar-refractivity contribution in [3.8, 4) is 11.1 Å². The predicted octanol–water partition coefficient (Wildman–Crippen LogP) is 3.87. The van der Waals surface area contributed by atoms with Crippen LogP contribution in [0, 0.1) is 6.92 Å². The van der Waals surface area contributed by atoms with E-state index in [1.807, 2.05) is 6.92 Å². The van der Waals surface area contributed by atoms with Crippen LogP contribution in [0.25, 0.3) is 11.1 Å². The third-order valence-corrected chi connectivity index (χ3v) is 3.16. The quantitative estimate of drug-likeness (QED) is 0.875. The van der Waals surface area contributed by atoms with Gasteiger partial charge in [0.1, 0.15) is 0 Å². The van der Waals surface area contributed by atoms with E-state index in [4.69, 9.17) is 27.9 Å². The molecule has 0 radical (unpaired) electrons. The zero-order valence-electron chi connectivity index (χ0n) is 10.5. The summed E-state index contributed by atoms with van der Waals surface area (Å²) in [5.41, 5.74) is 2.30. The van der Waals surface area contributed by atoms with Crippen molar-refractivity contribution in [2.24, 2.45) is 0 Å². The van der Waals surface area contributed by atoms with Gasteiger partial charge in [0, 0.05) is 21.8 Å². The predicted molar refractivity (Wildman–Crippen MR) is 74.7 cm³/mol. The van der Waals surface area contributed by atoms with Crippen LogP contribution in [0.3, 0.4) is 0 Å². The number of hydrogen-bond acceptors (Lipinski definition) is 3. The Morgan fingerprint density at radius 3 is 2.79 bits per heavy atom. The largest absolute Gasteiger partial charge is 0.461 e. The number of aromatic nitrogens is 2. The summed E-state index contributed by atoms with van der Waals surface area (Å²) in [7, 11) is 0. The van der Waals surface area contributed by atoms with Gasteiger partial charge in [0.15, 0.2) is 5.69 Å². The van der Waals surface area contributed by atoms with Gasteiger partial charge in [-0.3, -0.25) is 5.10 Å². The van der Waals surface area contributed by atoms with E-state index < -0.39 is 5.97 Å². The lowest BCUT2D eigenvalue weighted by Crippen LogP contribution is -2.06. The average Bonchev–Trinajstić information content (AvgIpc) is 2.72. The molecule has 0 saturated carbocycles. The summed E-state index contributed by atoms with van der Waals surface area (Å²) >= 11 is 12.0. The van der Waals surface area contributed by atoms with Gasteiger partial charge in [-0.05, 0) is 26.0 Å². The lowest BCUT2D eigenvalue weighted by molar-refractivity contribution is 0.0520. The monoisotopic (exact) mass is 298 g/mol. The molecule has 0 saturated heterocycles. The molecule has 100 valence electrons. The zero-order valence-corrected chi connectivity index (χ0v) is 12.0. The van der Waals surface area contributed by atoms with Gasteiger partial charge >= 0.3 is 5.97 Å². The molecule has 0 atom stereocenters. The Hall–Kier alpha value is -1.52. The number of nitrogens with zero attached hydrogens (tertiary/aromatic N) is 1. The third kappa shape index (κ3) is 2.74. The Bertz CT molecular complexity index is 623. The molecule has 0 bridgehead atoms. The van der Waals surface area contributed by atoms with Crippen molar-refractivity contribution < 1.29 is 9.53 Å². The Morgan fingerprint density at radius 2 is 2.16 bits per heavy atom. The molecule has 0 amide bonds. The van der Waals surface area contributed by atoms with Gasteiger partial charge < -0.3 is 4.74 Å². The molecule has 19 heavy (non-hydrogen) atoms. The minimum Gasteiger partial charge on any atom is -0.461 e. The highest BCUT2D eigenvalue weighted by atomic mass is 35.5. The van der Waals surface area contributed by atoms with Crippen LogP contribution in [-0.4, -0.2) is 22.8 Å². The van der Waals surface area contributed by atoms with Crippen molar-refractivity contribution in [1.29, 1.82) is 0 Å². The molecule has 0 aliphatic rings. The number of nitrogens with one attached hydrogen (secondary N) is 1. The second kappa shape index (κ2) is 5.63. The summed E-state index contributed by atoms with van der Waals surface area (Å²) in [4.78, 5) is 11.9. The summed E-state index contributed by atoms with van der Waals surface area (Å²) in [6.45, 7) is 3.85. The van der Waals surface area contributed by atoms with E-state index >= 15 is 0 Å². The lowest BCUT2D eigenvalue weighted by atomic mass is 10.0. The van der Waals surface area contributed by atoms with E-state index in [1.165, 1.54) is 0 Å². The molecule has 0 fully saturated rings. The van der Waals surface area contributed by atoms with E-state index in [0.717, 1.165) is 5.69 Å². The number of esters is 1. The fourth-order valence-corrected chi connectivity index (χ4v) is 2.30. The molecule has 0 aliphatic carbocycles. The first-order valence-corrected chi connectivity index (χ1v) is 6.47. The topological polar surface area (TPSA) is 55.0 Å². The first-order chi connectivity index (χ1) is 9.04. The Balaban J connectivity index is 2.55. The molecular weight excluding hydrogens is 287 g/mol. The molecule has 0 aliphatic heterocycles. The number of carbonyl (C=O) groups is 1. The second-order valence-electron chi connectivity index (χ2n) is 3.92. The summed E-state index contributed by atoms with van der Waals surface area (Å²) < 4.78 is 4.98. The van der Waals surface area contributed by atoms with Crippen molar-refractivity contribution in [1.82, 2.24) is 10.2 Å². The van der Waals surface area contributed by atoms with Gasteiger partial charge in [0.25, 0.3) is 0 Å². The fourth-order valence-electron chi connectivity index (χ4n) is 1.80. The van der Waals surface area contributed by atoms with Gasteiger partial charge in [-0.15, -0.1) is 0 Å². The minimum absolute atomic E-state index is 0.226. The number of hydrogen-bond donors (Lipinski definition) is 1. The van der Waals surface area contributed by atoms with Gasteiger partial charge in [0.2, 0.25) is 0 Å². The van der Waals surface area contributed by atoms with E-state index in [2.05, 4.69) is 10.2 Å². The van der Waals surface area contributed by atoms with E-state index in [1.54, 1.807) is 25.1 Å². The van der Waals surface area contributed by atoms with Crippen LogP contribution < -0.4 is 0 Å². The van der Waals surface area contributed by atoms with Crippen LogP contribution in [0.5, 0.6) is 0 Å². The number of rotatable bonds is 3. The highest BCUT2D eigenvalue weighted by molar-refractivity contribution is 6.36. The summed E-state index contributed by atoms with van der Waals surface area (Å²) in [6, 6.07) is 5.09. The molecule has 4 nitrogen and oxygen atoms in total. The molecule has 2 rings (SSSR count). The molecule has 1 heterocycles. The molecule has 0 unspecified atom stereocenters. The molecule has 1 aromatic carbocycles. The van der Waals surface area contributed by atoms with Crippen LogP contribution in [0.15, 0.2) is 18.2 Å². The smallest absolute Gasteiger partial charge is 0.359 e. The molecule has 1 aromatic heterocycles. The van der Waals surface area contributed by atoms with Crippen molar-refractivity contribution >= 4 is 29.2 Å². The second-order valence-corrected chi connectivity index (χ2v) is 4.76. The SMILES string of the molecule is CCOC(=O)c1n[nH]c(C)c1-c1ccc(Cl)cc1Cl. The highest BCUT2D eigenvalue weighted by Crippen LogP contribution is 2.34. The molecule has 2 aromatic rings. The number of aryl methyl sites for hydroxylation is 1. The third-order valence-electron chi connectivity index (χ3n) is 2.62. The lowest BCUT2D eigenvalue weighted by Gasteiger charge is -2.06. The molecular formula is C13H12Cl2N2O2. The normalized spacial score (nSPS) is 10.5. The van der Waals surface area contributed by atoms with E-state index in [9.17, 15) is 4.79 Å². The number of benzene rings is 1. The minimum atomic E-state index is -0.479. The van der Waals surface area contributed by atoms with Crippen LogP contribution in [0.1, 0.15) is 23.1 Å². The van der Waals surface area contributed by atoms with E-state index in [-0.39, 0.29) is 5.69 Å². The van der Waals surface area contributed by atoms with Gasteiger partial charge in [-0.25, -0.2) is 4.79 Å². The van der Waals surface area contributed by atoms with Crippen LogP contribution in [0.4, 0.5) is 0 Å². The maximum absolute atomic E-state index is 11.9. The van der Waals surface area contributed by atoms with E-state index in [0.29, 0.717) is 27.8 Å². The van der Waals surface area contributed by atoms with Crippen molar-refractivity contribution in [3.63, 3.8) is 0 Å². The Morgan fingerprint density at radius 1 is 1.42 bits per heavy atom. The average molecular weight is 299 g/mol. The van der Waals surface area contributed by atoms with Crippen LogP contribution in [-0.2, 0) is 4.74 Å². The Kier molecular flexibility index (Phi) is 4.12. The highest BCUT2D eigenvalue weighted by Gasteiger charge is 2.21. The summed E-state index contributed by atoms with van der Waals surface area (Å²) in [5.74, 6) is -0.479. The maximum Gasteiger partial charge on any atom is 0.359 e. The fraction of sp³-hybridized carbons (Fsp3) is 0.231.